The van der Waals surface area contributed by atoms with Gasteiger partial charge in [-0.2, -0.15) is 0 Å². The highest BCUT2D eigenvalue weighted by atomic mass is 16.6. The highest BCUT2D eigenvalue weighted by Gasteiger charge is 2.27. The highest BCUT2D eigenvalue weighted by molar-refractivity contribution is 5.94. The highest BCUT2D eigenvalue weighted by Crippen LogP contribution is 2.31. The Kier molecular flexibility index (Phi) is 4.60. The molecule has 1 saturated heterocycles. The van der Waals surface area contributed by atoms with E-state index in [2.05, 4.69) is 27.1 Å². The first-order chi connectivity index (χ1) is 12.7. The van der Waals surface area contributed by atoms with Gasteiger partial charge in [-0.25, -0.2) is 9.97 Å². The lowest BCUT2D eigenvalue weighted by atomic mass is 10.00. The van der Waals surface area contributed by atoms with E-state index in [0.29, 0.717) is 23.1 Å². The van der Waals surface area contributed by atoms with Crippen molar-refractivity contribution in [3.63, 3.8) is 0 Å². The van der Waals surface area contributed by atoms with E-state index in [1.165, 1.54) is 0 Å². The molecule has 26 heavy (non-hydrogen) atoms. The number of aromatic nitrogens is 2. The molecule has 1 amide bonds. The van der Waals surface area contributed by atoms with E-state index in [0.717, 1.165) is 31.8 Å². The number of para-hydroxylation sites is 2. The van der Waals surface area contributed by atoms with Gasteiger partial charge in [0, 0.05) is 13.1 Å². The molecule has 1 atom stereocenters. The quantitative estimate of drug-likeness (QED) is 0.913. The maximum absolute atomic E-state index is 12.4. The van der Waals surface area contributed by atoms with Crippen molar-refractivity contribution in [3.8, 4) is 11.5 Å². The Balaban J connectivity index is 1.36. The van der Waals surface area contributed by atoms with Crippen molar-refractivity contribution in [2.45, 2.75) is 25.9 Å². The number of rotatable bonds is 3. The number of piperidine rings is 1. The fourth-order valence-electron chi connectivity index (χ4n) is 3.13. The third-order valence-corrected chi connectivity index (χ3v) is 4.77. The average Bonchev–Trinajstić information content (AvgIpc) is 2.69. The van der Waals surface area contributed by atoms with E-state index in [1.807, 2.05) is 18.2 Å². The van der Waals surface area contributed by atoms with Crippen molar-refractivity contribution in [2.24, 2.45) is 5.92 Å². The SMILES string of the molecule is CC1CCN(c2ncc(NC(=O)C3COc4ccccc4O3)cn2)CC1. The molecule has 2 aliphatic heterocycles. The lowest BCUT2D eigenvalue weighted by molar-refractivity contribution is -0.125. The Morgan fingerprint density at radius 2 is 1.85 bits per heavy atom. The van der Waals surface area contributed by atoms with Gasteiger partial charge in [-0.15, -0.1) is 0 Å². The van der Waals surface area contributed by atoms with Crippen LogP contribution in [-0.4, -0.2) is 41.7 Å². The third kappa shape index (κ3) is 3.56. The van der Waals surface area contributed by atoms with E-state index >= 15 is 0 Å². The normalized spacial score (nSPS) is 19.9. The smallest absolute Gasteiger partial charge is 0.269 e. The second-order valence-corrected chi connectivity index (χ2v) is 6.79. The molecular weight excluding hydrogens is 332 g/mol. The predicted molar refractivity (Wildman–Crippen MR) is 97.6 cm³/mol. The maximum atomic E-state index is 12.4. The van der Waals surface area contributed by atoms with Gasteiger partial charge >= 0.3 is 0 Å². The number of carbonyl (C=O) groups is 1. The Bertz CT molecular complexity index is 773. The van der Waals surface area contributed by atoms with E-state index in [1.54, 1.807) is 18.5 Å². The summed E-state index contributed by atoms with van der Waals surface area (Å²) in [6.45, 7) is 4.39. The number of anilines is 2. The number of ether oxygens (including phenoxy) is 2. The van der Waals surface area contributed by atoms with Gasteiger partial charge in [-0.1, -0.05) is 19.1 Å². The van der Waals surface area contributed by atoms with Crippen LogP contribution in [0.3, 0.4) is 0 Å². The van der Waals surface area contributed by atoms with Crippen LogP contribution in [0.4, 0.5) is 11.6 Å². The Hall–Kier alpha value is -2.83. The molecule has 0 saturated carbocycles. The van der Waals surface area contributed by atoms with Gasteiger partial charge in [0.2, 0.25) is 12.1 Å². The first kappa shape index (κ1) is 16.6. The standard InChI is InChI=1S/C19H22N4O3/c1-13-6-8-23(9-7-13)19-20-10-14(11-21-19)22-18(24)17-12-25-15-4-2-3-5-16(15)26-17/h2-5,10-11,13,17H,6-9,12H2,1H3,(H,22,24). The molecule has 7 heteroatoms. The minimum absolute atomic E-state index is 0.174. The van der Waals surface area contributed by atoms with Gasteiger partial charge in [0.15, 0.2) is 11.5 Å². The lowest BCUT2D eigenvalue weighted by Gasteiger charge is -2.30. The number of nitrogens with one attached hydrogen (secondary N) is 1. The number of amides is 1. The summed E-state index contributed by atoms with van der Waals surface area (Å²) in [4.78, 5) is 23.4. The van der Waals surface area contributed by atoms with Crippen molar-refractivity contribution < 1.29 is 14.3 Å². The summed E-state index contributed by atoms with van der Waals surface area (Å²) in [5, 5.41) is 2.79. The van der Waals surface area contributed by atoms with E-state index < -0.39 is 6.10 Å². The van der Waals surface area contributed by atoms with Gasteiger partial charge in [-0.05, 0) is 30.9 Å². The molecule has 0 radical (unpaired) electrons. The second kappa shape index (κ2) is 7.19. The molecule has 1 N–H and O–H groups in total. The second-order valence-electron chi connectivity index (χ2n) is 6.79. The van der Waals surface area contributed by atoms with Crippen LogP contribution in [0.1, 0.15) is 19.8 Å². The van der Waals surface area contributed by atoms with Crippen LogP contribution in [0.5, 0.6) is 11.5 Å². The fourth-order valence-corrected chi connectivity index (χ4v) is 3.13. The number of hydrogen-bond donors (Lipinski definition) is 1. The predicted octanol–water partition coefficient (Wildman–Crippen LogP) is 2.49. The van der Waals surface area contributed by atoms with Gasteiger partial charge < -0.3 is 19.7 Å². The Morgan fingerprint density at radius 3 is 2.58 bits per heavy atom. The zero-order chi connectivity index (χ0) is 17.9. The van der Waals surface area contributed by atoms with E-state index in [9.17, 15) is 4.79 Å². The number of carbonyl (C=O) groups excluding carboxylic acids is 1. The van der Waals surface area contributed by atoms with Gasteiger partial charge in [-0.3, -0.25) is 4.79 Å². The molecule has 2 aromatic rings. The van der Waals surface area contributed by atoms with Crippen LogP contribution in [0.15, 0.2) is 36.7 Å². The van der Waals surface area contributed by atoms with Crippen molar-refractivity contribution >= 4 is 17.5 Å². The molecule has 1 aromatic carbocycles. The molecule has 1 unspecified atom stereocenters. The molecule has 1 fully saturated rings. The van der Waals surface area contributed by atoms with Crippen molar-refractivity contribution in [3.05, 3.63) is 36.7 Å². The Morgan fingerprint density at radius 1 is 1.15 bits per heavy atom. The van der Waals surface area contributed by atoms with Gasteiger partial charge in [0.05, 0.1) is 18.1 Å². The molecule has 7 nitrogen and oxygen atoms in total. The molecular formula is C19H22N4O3. The monoisotopic (exact) mass is 354 g/mol. The Labute approximate surface area is 152 Å². The summed E-state index contributed by atoms with van der Waals surface area (Å²) < 4.78 is 11.3. The molecule has 136 valence electrons. The summed E-state index contributed by atoms with van der Waals surface area (Å²) >= 11 is 0. The van der Waals surface area contributed by atoms with Crippen LogP contribution >= 0.6 is 0 Å². The van der Waals surface area contributed by atoms with Gasteiger partial charge in [0.1, 0.15) is 6.61 Å². The number of benzene rings is 1. The third-order valence-electron chi connectivity index (χ3n) is 4.77. The molecule has 0 spiro atoms. The van der Waals surface area contributed by atoms with E-state index in [-0.39, 0.29) is 12.5 Å². The molecule has 2 aliphatic rings. The number of hydrogen-bond acceptors (Lipinski definition) is 6. The topological polar surface area (TPSA) is 76.6 Å². The molecule has 1 aromatic heterocycles. The average molecular weight is 354 g/mol. The fraction of sp³-hybridized carbons (Fsp3) is 0.421. The molecule has 3 heterocycles. The zero-order valence-electron chi connectivity index (χ0n) is 14.7. The summed E-state index contributed by atoms with van der Waals surface area (Å²) in [5.74, 6) is 2.42. The first-order valence-corrected chi connectivity index (χ1v) is 8.95. The number of nitrogens with zero attached hydrogens (tertiary/aromatic N) is 3. The van der Waals surface area contributed by atoms with Crippen LogP contribution < -0.4 is 19.7 Å². The summed E-state index contributed by atoms with van der Waals surface area (Å²) in [7, 11) is 0. The minimum atomic E-state index is -0.701. The zero-order valence-corrected chi connectivity index (χ0v) is 14.7. The van der Waals surface area contributed by atoms with Crippen LogP contribution in [-0.2, 0) is 4.79 Å². The summed E-state index contributed by atoms with van der Waals surface area (Å²) in [6, 6.07) is 7.31. The lowest BCUT2D eigenvalue weighted by Crippen LogP contribution is -2.40. The molecule has 0 aliphatic carbocycles. The maximum Gasteiger partial charge on any atom is 0.269 e. The number of fused-ring (bicyclic) bond motifs is 1. The molecule has 4 rings (SSSR count). The van der Waals surface area contributed by atoms with Crippen molar-refractivity contribution in [1.82, 2.24) is 9.97 Å². The van der Waals surface area contributed by atoms with Crippen LogP contribution in [0.25, 0.3) is 0 Å². The summed E-state index contributed by atoms with van der Waals surface area (Å²) in [6.07, 6.45) is 4.88. The molecule has 0 bridgehead atoms. The van der Waals surface area contributed by atoms with Gasteiger partial charge in [0.25, 0.3) is 5.91 Å². The van der Waals surface area contributed by atoms with E-state index in [4.69, 9.17) is 9.47 Å². The van der Waals surface area contributed by atoms with Crippen LogP contribution in [0, 0.1) is 5.92 Å². The largest absolute Gasteiger partial charge is 0.485 e. The van der Waals surface area contributed by atoms with Crippen LogP contribution in [0.2, 0.25) is 0 Å². The first-order valence-electron chi connectivity index (χ1n) is 8.95. The van der Waals surface area contributed by atoms with Crippen molar-refractivity contribution in [1.29, 1.82) is 0 Å². The summed E-state index contributed by atoms with van der Waals surface area (Å²) in [5.41, 5.74) is 0.548. The minimum Gasteiger partial charge on any atom is -0.485 e. The van der Waals surface area contributed by atoms with Crippen molar-refractivity contribution in [2.75, 3.05) is 29.9 Å².